The van der Waals surface area contributed by atoms with E-state index in [9.17, 15) is 9.59 Å². The van der Waals surface area contributed by atoms with Crippen LogP contribution in [0, 0.1) is 0 Å². The van der Waals surface area contributed by atoms with Crippen LogP contribution >= 0.6 is 23.2 Å². The van der Waals surface area contributed by atoms with Crippen LogP contribution in [0.3, 0.4) is 0 Å². The lowest BCUT2D eigenvalue weighted by Crippen LogP contribution is -2.07. The average molecular weight is 307 g/mol. The maximum Gasteiger partial charge on any atom is 0.252 e. The Balaban J connectivity index is 2.21. The molecule has 0 unspecified atom stereocenters. The molecule has 0 bridgehead atoms. The van der Waals surface area contributed by atoms with E-state index in [0.29, 0.717) is 23.5 Å². The number of hydrogen-bond donors (Lipinski definition) is 0. The SMILES string of the molecule is O=C(Cl)c1ccc2c(c1)-c1cc(C(=O)Cl)ccc1OC2. The Morgan fingerprint density at radius 2 is 1.50 bits per heavy atom. The molecule has 3 nitrogen and oxygen atoms in total. The Labute approximate surface area is 125 Å². The lowest BCUT2D eigenvalue weighted by Gasteiger charge is -2.21. The molecule has 0 saturated heterocycles. The number of benzene rings is 2. The molecule has 5 heteroatoms. The smallest absolute Gasteiger partial charge is 0.252 e. The number of rotatable bonds is 2. The molecule has 1 aliphatic heterocycles. The van der Waals surface area contributed by atoms with Crippen LogP contribution < -0.4 is 4.74 Å². The van der Waals surface area contributed by atoms with Crippen LogP contribution in [0.5, 0.6) is 5.75 Å². The van der Waals surface area contributed by atoms with Gasteiger partial charge in [0.2, 0.25) is 0 Å². The van der Waals surface area contributed by atoms with E-state index < -0.39 is 10.5 Å². The Kier molecular flexibility index (Phi) is 3.24. The highest BCUT2D eigenvalue weighted by atomic mass is 35.5. The molecule has 0 N–H and O–H groups in total. The van der Waals surface area contributed by atoms with Gasteiger partial charge in [-0.05, 0) is 64.7 Å². The minimum Gasteiger partial charge on any atom is -0.488 e. The summed E-state index contributed by atoms with van der Waals surface area (Å²) in [7, 11) is 0. The van der Waals surface area contributed by atoms with Gasteiger partial charge in [-0.1, -0.05) is 6.07 Å². The molecular weight excluding hydrogens is 299 g/mol. The number of halogens is 2. The topological polar surface area (TPSA) is 43.4 Å². The first-order chi connectivity index (χ1) is 9.56. The molecule has 0 radical (unpaired) electrons. The molecule has 0 saturated carbocycles. The fraction of sp³-hybridized carbons (Fsp3) is 0.0667. The van der Waals surface area contributed by atoms with Crippen molar-refractivity contribution in [2.45, 2.75) is 6.61 Å². The lowest BCUT2D eigenvalue weighted by molar-refractivity contribution is 0.107. The summed E-state index contributed by atoms with van der Waals surface area (Å²) in [4.78, 5) is 22.5. The van der Waals surface area contributed by atoms with Gasteiger partial charge in [-0.3, -0.25) is 9.59 Å². The third-order valence-corrected chi connectivity index (χ3v) is 3.65. The second-order valence-corrected chi connectivity index (χ2v) is 5.11. The van der Waals surface area contributed by atoms with E-state index >= 15 is 0 Å². The highest BCUT2D eigenvalue weighted by Crippen LogP contribution is 2.38. The maximum absolute atomic E-state index is 11.3. The van der Waals surface area contributed by atoms with E-state index in [4.69, 9.17) is 27.9 Å². The van der Waals surface area contributed by atoms with Crippen LogP contribution in [0.2, 0.25) is 0 Å². The first-order valence-electron chi connectivity index (χ1n) is 5.86. The third-order valence-electron chi connectivity index (χ3n) is 3.22. The summed E-state index contributed by atoms with van der Waals surface area (Å²) in [5, 5.41) is -1.06. The minimum atomic E-state index is -0.538. The van der Waals surface area contributed by atoms with E-state index in [2.05, 4.69) is 0 Å². The Bertz CT molecular complexity index is 674. The summed E-state index contributed by atoms with van der Waals surface area (Å²) < 4.78 is 5.61. The monoisotopic (exact) mass is 306 g/mol. The number of carbonyl (C=O) groups excluding carboxylic acids is 2. The highest BCUT2D eigenvalue weighted by molar-refractivity contribution is 6.68. The van der Waals surface area contributed by atoms with Crippen molar-refractivity contribution >= 4 is 33.7 Å². The largest absolute Gasteiger partial charge is 0.488 e. The summed E-state index contributed by atoms with van der Waals surface area (Å²) in [5.41, 5.74) is 3.28. The Hall–Kier alpha value is -1.84. The van der Waals surface area contributed by atoms with Crippen molar-refractivity contribution < 1.29 is 14.3 Å². The third kappa shape index (κ3) is 2.19. The number of hydrogen-bond acceptors (Lipinski definition) is 3. The molecule has 2 aromatic rings. The average Bonchev–Trinajstić information content (AvgIpc) is 2.45. The van der Waals surface area contributed by atoms with Crippen LogP contribution in [0.15, 0.2) is 36.4 Å². The maximum atomic E-state index is 11.3. The molecule has 0 amide bonds. The molecule has 2 aromatic carbocycles. The van der Waals surface area contributed by atoms with E-state index in [1.165, 1.54) is 0 Å². The first kappa shape index (κ1) is 13.2. The van der Waals surface area contributed by atoms with Crippen molar-refractivity contribution in [1.29, 1.82) is 0 Å². The molecule has 1 heterocycles. The zero-order valence-corrected chi connectivity index (χ0v) is 11.7. The molecule has 20 heavy (non-hydrogen) atoms. The fourth-order valence-corrected chi connectivity index (χ4v) is 2.45. The van der Waals surface area contributed by atoms with Gasteiger partial charge in [0.1, 0.15) is 12.4 Å². The lowest BCUT2D eigenvalue weighted by atomic mass is 9.94. The predicted molar refractivity (Wildman–Crippen MR) is 76.6 cm³/mol. The predicted octanol–water partition coefficient (Wildman–Crippen LogP) is 4.00. The standard InChI is InChI=1S/C15H8Cl2O3/c16-14(18)8-1-2-10-7-20-13-4-3-9(15(17)19)6-12(13)11(10)5-8/h1-6H,7H2. The quantitative estimate of drug-likeness (QED) is 0.788. The number of carbonyl (C=O) groups is 2. The van der Waals surface area contributed by atoms with Crippen molar-refractivity contribution in [2.75, 3.05) is 0 Å². The van der Waals surface area contributed by atoms with E-state index in [-0.39, 0.29) is 0 Å². The van der Waals surface area contributed by atoms with Crippen molar-refractivity contribution in [3.05, 3.63) is 53.1 Å². The zero-order valence-electron chi connectivity index (χ0n) is 10.2. The van der Waals surface area contributed by atoms with Crippen molar-refractivity contribution in [3.63, 3.8) is 0 Å². The second-order valence-electron chi connectivity index (χ2n) is 4.42. The zero-order chi connectivity index (χ0) is 14.3. The molecule has 0 fully saturated rings. The highest BCUT2D eigenvalue weighted by Gasteiger charge is 2.20. The fourth-order valence-electron chi connectivity index (χ4n) is 2.22. The summed E-state index contributed by atoms with van der Waals surface area (Å²) in [6.07, 6.45) is 0. The van der Waals surface area contributed by atoms with Gasteiger partial charge in [0.25, 0.3) is 10.5 Å². The Morgan fingerprint density at radius 3 is 2.15 bits per heavy atom. The Morgan fingerprint density at radius 1 is 0.900 bits per heavy atom. The van der Waals surface area contributed by atoms with Crippen molar-refractivity contribution in [3.8, 4) is 16.9 Å². The van der Waals surface area contributed by atoms with Gasteiger partial charge in [-0.25, -0.2) is 0 Å². The van der Waals surface area contributed by atoms with Gasteiger partial charge in [-0.15, -0.1) is 0 Å². The van der Waals surface area contributed by atoms with Crippen molar-refractivity contribution in [2.24, 2.45) is 0 Å². The van der Waals surface area contributed by atoms with Gasteiger partial charge in [0.05, 0.1) is 0 Å². The first-order valence-corrected chi connectivity index (χ1v) is 6.61. The van der Waals surface area contributed by atoms with Crippen LogP contribution in [0.4, 0.5) is 0 Å². The summed E-state index contributed by atoms with van der Waals surface area (Å²) in [5.74, 6) is 0.651. The van der Waals surface area contributed by atoms with Gasteiger partial charge >= 0.3 is 0 Å². The number of fused-ring (bicyclic) bond motifs is 3. The summed E-state index contributed by atoms with van der Waals surface area (Å²) in [6.45, 7) is 0.410. The second kappa shape index (κ2) is 4.93. The van der Waals surface area contributed by atoms with Gasteiger partial charge < -0.3 is 4.74 Å². The van der Waals surface area contributed by atoms with Crippen LogP contribution in [0.1, 0.15) is 26.3 Å². The molecular formula is C15H8Cl2O3. The van der Waals surface area contributed by atoms with Crippen LogP contribution in [-0.2, 0) is 6.61 Å². The molecule has 100 valence electrons. The van der Waals surface area contributed by atoms with Gasteiger partial charge in [0, 0.05) is 16.7 Å². The van der Waals surface area contributed by atoms with E-state index in [1.54, 1.807) is 36.4 Å². The van der Waals surface area contributed by atoms with E-state index in [1.807, 2.05) is 0 Å². The number of ether oxygens (including phenoxy) is 1. The molecule has 0 aliphatic carbocycles. The molecule has 1 aliphatic rings. The van der Waals surface area contributed by atoms with Gasteiger partial charge in [-0.2, -0.15) is 0 Å². The molecule has 0 aromatic heterocycles. The van der Waals surface area contributed by atoms with E-state index in [0.717, 1.165) is 16.7 Å². The van der Waals surface area contributed by atoms with Crippen LogP contribution in [0.25, 0.3) is 11.1 Å². The molecule has 0 spiro atoms. The summed E-state index contributed by atoms with van der Waals surface area (Å²) >= 11 is 11.0. The van der Waals surface area contributed by atoms with Crippen molar-refractivity contribution in [1.82, 2.24) is 0 Å². The molecule has 0 atom stereocenters. The normalized spacial score (nSPS) is 12.1. The van der Waals surface area contributed by atoms with Crippen LogP contribution in [-0.4, -0.2) is 10.5 Å². The van der Waals surface area contributed by atoms with Gasteiger partial charge in [0.15, 0.2) is 0 Å². The molecule has 3 rings (SSSR count). The summed E-state index contributed by atoms with van der Waals surface area (Å²) in [6, 6.07) is 10.1. The minimum absolute atomic E-state index is 0.379.